The molecule has 2 aliphatic heterocycles. The minimum atomic E-state index is -0.280. The maximum Gasteiger partial charge on any atom is 0.237 e. The standard InChI is InChI=1S/C21H22FN5O/c1-25(2)12-21(28)26-15-6-7-18(26)16-11-23-20-10-17(24-27(20)19(16)9-15)13-4-3-5-14(22)8-13/h3-5,8,10-11,15,18H,6-7,9,12H2,1-2H3/t15-,18-/m0/s1. The molecule has 2 aliphatic rings. The molecule has 2 aromatic heterocycles. The van der Waals surface area contributed by atoms with Crippen LogP contribution in [-0.4, -0.2) is 57.0 Å². The quantitative estimate of drug-likeness (QED) is 0.702. The summed E-state index contributed by atoms with van der Waals surface area (Å²) in [5, 5.41) is 4.73. The molecule has 144 valence electrons. The van der Waals surface area contributed by atoms with E-state index in [0.29, 0.717) is 12.2 Å². The zero-order valence-corrected chi connectivity index (χ0v) is 16.0. The van der Waals surface area contributed by atoms with Crippen LogP contribution in [0.3, 0.4) is 0 Å². The summed E-state index contributed by atoms with van der Waals surface area (Å²) in [6.45, 7) is 0.420. The van der Waals surface area contributed by atoms with Crippen LogP contribution in [0.1, 0.15) is 30.1 Å². The topological polar surface area (TPSA) is 53.7 Å². The van der Waals surface area contributed by atoms with Crippen LogP contribution >= 0.6 is 0 Å². The van der Waals surface area contributed by atoms with E-state index < -0.39 is 0 Å². The second-order valence-corrected chi connectivity index (χ2v) is 7.96. The lowest BCUT2D eigenvalue weighted by Crippen LogP contribution is -2.46. The smallest absolute Gasteiger partial charge is 0.237 e. The first kappa shape index (κ1) is 17.3. The summed E-state index contributed by atoms with van der Waals surface area (Å²) in [6, 6.07) is 8.61. The monoisotopic (exact) mass is 379 g/mol. The summed E-state index contributed by atoms with van der Waals surface area (Å²) in [5.41, 5.74) is 4.40. The van der Waals surface area contributed by atoms with Crippen molar-refractivity contribution in [3.63, 3.8) is 0 Å². The molecule has 7 heteroatoms. The number of benzene rings is 1. The van der Waals surface area contributed by atoms with Crippen LogP contribution in [0.25, 0.3) is 16.9 Å². The van der Waals surface area contributed by atoms with Crippen molar-refractivity contribution in [1.29, 1.82) is 0 Å². The van der Waals surface area contributed by atoms with Crippen molar-refractivity contribution < 1.29 is 9.18 Å². The second kappa shape index (κ2) is 6.38. The van der Waals surface area contributed by atoms with E-state index in [1.165, 1.54) is 12.1 Å². The number of fused-ring (bicyclic) bond motifs is 6. The van der Waals surface area contributed by atoms with Gasteiger partial charge in [-0.2, -0.15) is 5.10 Å². The number of carbonyl (C=O) groups is 1. The molecule has 2 bridgehead atoms. The average molecular weight is 379 g/mol. The minimum absolute atomic E-state index is 0.0694. The Morgan fingerprint density at radius 3 is 2.93 bits per heavy atom. The van der Waals surface area contributed by atoms with E-state index in [-0.39, 0.29) is 23.8 Å². The minimum Gasteiger partial charge on any atom is -0.331 e. The van der Waals surface area contributed by atoms with Gasteiger partial charge in [0.2, 0.25) is 5.91 Å². The first-order valence-electron chi connectivity index (χ1n) is 9.60. The molecule has 1 fully saturated rings. The molecule has 0 unspecified atom stereocenters. The van der Waals surface area contributed by atoms with E-state index >= 15 is 0 Å². The van der Waals surface area contributed by atoms with E-state index in [1.807, 2.05) is 46.7 Å². The van der Waals surface area contributed by atoms with Gasteiger partial charge in [0.15, 0.2) is 5.65 Å². The lowest BCUT2D eigenvalue weighted by molar-refractivity contribution is -0.135. The molecule has 28 heavy (non-hydrogen) atoms. The highest BCUT2D eigenvalue weighted by atomic mass is 19.1. The number of rotatable bonds is 3. The van der Waals surface area contributed by atoms with Gasteiger partial charge in [0.25, 0.3) is 0 Å². The van der Waals surface area contributed by atoms with Crippen LogP contribution in [-0.2, 0) is 11.2 Å². The Morgan fingerprint density at radius 1 is 1.29 bits per heavy atom. The highest BCUT2D eigenvalue weighted by molar-refractivity contribution is 5.80. The Hall–Kier alpha value is -2.80. The zero-order valence-electron chi connectivity index (χ0n) is 16.0. The lowest BCUT2D eigenvalue weighted by atomic mass is 9.99. The normalized spacial score (nSPS) is 20.8. The van der Waals surface area contributed by atoms with Crippen molar-refractivity contribution in [3.8, 4) is 11.3 Å². The highest BCUT2D eigenvalue weighted by Crippen LogP contribution is 2.43. The molecule has 0 aliphatic carbocycles. The summed E-state index contributed by atoms with van der Waals surface area (Å²) >= 11 is 0. The van der Waals surface area contributed by atoms with Crippen LogP contribution in [0.15, 0.2) is 36.5 Å². The molecule has 2 atom stereocenters. The SMILES string of the molecule is CN(C)CC(=O)N1[C@H]2CC[C@H]1c1cnc3cc(-c4cccc(F)c4)nn3c1C2. The fraction of sp³-hybridized carbons (Fsp3) is 0.381. The van der Waals surface area contributed by atoms with Gasteiger partial charge < -0.3 is 9.80 Å². The molecule has 6 nitrogen and oxygen atoms in total. The predicted molar refractivity (Wildman–Crippen MR) is 103 cm³/mol. The third kappa shape index (κ3) is 2.69. The third-order valence-electron chi connectivity index (χ3n) is 5.77. The summed E-state index contributed by atoms with van der Waals surface area (Å²) in [7, 11) is 3.83. The molecule has 1 aromatic carbocycles. The summed E-state index contributed by atoms with van der Waals surface area (Å²) in [6.07, 6.45) is 4.62. The highest BCUT2D eigenvalue weighted by Gasteiger charge is 2.43. The number of amides is 1. The molecule has 1 amide bonds. The molecule has 0 saturated carbocycles. The third-order valence-corrected chi connectivity index (χ3v) is 5.77. The first-order chi connectivity index (χ1) is 13.5. The van der Waals surface area contributed by atoms with Gasteiger partial charge in [0.1, 0.15) is 5.82 Å². The van der Waals surface area contributed by atoms with E-state index in [1.54, 1.807) is 6.07 Å². The number of halogens is 1. The molecular weight excluding hydrogens is 357 g/mol. The summed E-state index contributed by atoms with van der Waals surface area (Å²) in [4.78, 5) is 21.3. The van der Waals surface area contributed by atoms with Crippen molar-refractivity contribution in [2.24, 2.45) is 0 Å². The van der Waals surface area contributed by atoms with Crippen LogP contribution in [0.4, 0.5) is 4.39 Å². The van der Waals surface area contributed by atoms with Crippen LogP contribution in [0, 0.1) is 5.82 Å². The number of hydrogen-bond acceptors (Lipinski definition) is 4. The van der Waals surface area contributed by atoms with Crippen LogP contribution in [0.5, 0.6) is 0 Å². The van der Waals surface area contributed by atoms with Gasteiger partial charge in [-0.1, -0.05) is 12.1 Å². The maximum absolute atomic E-state index is 13.6. The van der Waals surface area contributed by atoms with Crippen molar-refractivity contribution in [2.75, 3.05) is 20.6 Å². The van der Waals surface area contributed by atoms with Gasteiger partial charge in [-0.15, -0.1) is 0 Å². The Labute approximate surface area is 162 Å². The van der Waals surface area contributed by atoms with E-state index in [2.05, 4.69) is 4.98 Å². The lowest BCUT2D eigenvalue weighted by Gasteiger charge is -2.36. The summed E-state index contributed by atoms with van der Waals surface area (Å²) in [5.74, 6) is -0.109. The molecule has 4 heterocycles. The van der Waals surface area contributed by atoms with Crippen molar-refractivity contribution >= 4 is 11.6 Å². The Bertz CT molecular complexity index is 1080. The molecule has 0 N–H and O–H groups in total. The van der Waals surface area contributed by atoms with Gasteiger partial charge in [-0.05, 0) is 39.1 Å². The van der Waals surface area contributed by atoms with E-state index in [0.717, 1.165) is 41.7 Å². The molecule has 5 rings (SSSR count). The van der Waals surface area contributed by atoms with Gasteiger partial charge in [-0.3, -0.25) is 4.79 Å². The average Bonchev–Trinajstić information content (AvgIpc) is 3.22. The summed E-state index contributed by atoms with van der Waals surface area (Å²) < 4.78 is 15.5. The van der Waals surface area contributed by atoms with Crippen molar-refractivity contribution in [3.05, 3.63) is 53.6 Å². The Balaban J connectivity index is 1.56. The second-order valence-electron chi connectivity index (χ2n) is 7.96. The number of hydrogen-bond donors (Lipinski definition) is 0. The van der Waals surface area contributed by atoms with Gasteiger partial charge >= 0.3 is 0 Å². The Morgan fingerprint density at radius 2 is 2.14 bits per heavy atom. The van der Waals surface area contributed by atoms with Gasteiger partial charge in [-0.25, -0.2) is 13.9 Å². The first-order valence-corrected chi connectivity index (χ1v) is 9.60. The Kier molecular flexibility index (Phi) is 3.94. The number of nitrogens with zero attached hydrogens (tertiary/aromatic N) is 5. The van der Waals surface area contributed by atoms with Crippen molar-refractivity contribution in [1.82, 2.24) is 24.4 Å². The zero-order chi connectivity index (χ0) is 19.4. The molecular formula is C21H22FN5O. The number of likely N-dealkylation sites (N-methyl/N-ethyl adjacent to an activating group) is 1. The number of carbonyl (C=O) groups excluding carboxylic acids is 1. The molecule has 0 spiro atoms. The van der Waals surface area contributed by atoms with Gasteiger partial charge in [0, 0.05) is 35.9 Å². The predicted octanol–water partition coefficient (Wildman–Crippen LogP) is 2.69. The van der Waals surface area contributed by atoms with Crippen LogP contribution in [0.2, 0.25) is 0 Å². The van der Waals surface area contributed by atoms with Crippen LogP contribution < -0.4 is 0 Å². The largest absolute Gasteiger partial charge is 0.331 e. The van der Waals surface area contributed by atoms with E-state index in [9.17, 15) is 9.18 Å². The van der Waals surface area contributed by atoms with Crippen molar-refractivity contribution in [2.45, 2.75) is 31.3 Å². The van der Waals surface area contributed by atoms with E-state index in [4.69, 9.17) is 5.10 Å². The molecule has 1 saturated heterocycles. The molecule has 3 aromatic rings. The fourth-order valence-electron chi connectivity index (χ4n) is 4.61. The number of aromatic nitrogens is 3. The van der Waals surface area contributed by atoms with Gasteiger partial charge in [0.05, 0.1) is 24.0 Å². The fourth-order valence-corrected chi connectivity index (χ4v) is 4.61. The maximum atomic E-state index is 13.6. The molecule has 0 radical (unpaired) electrons.